The highest BCUT2D eigenvalue weighted by atomic mass is 32.2. The van der Waals surface area contributed by atoms with Crippen molar-refractivity contribution in [3.63, 3.8) is 0 Å². The van der Waals surface area contributed by atoms with E-state index >= 15 is 0 Å². The molecule has 0 saturated heterocycles. The third-order valence-electron chi connectivity index (χ3n) is 3.49. The van der Waals surface area contributed by atoms with Gasteiger partial charge in [0.2, 0.25) is 11.1 Å². The van der Waals surface area contributed by atoms with Crippen molar-refractivity contribution in [1.82, 2.24) is 39.3 Å². The molecule has 10 heteroatoms. The van der Waals surface area contributed by atoms with Gasteiger partial charge in [0.05, 0.1) is 16.6 Å². The Kier molecular flexibility index (Phi) is 2.94. The molecule has 0 aliphatic heterocycles. The average molecular weight is 328 g/mol. The molecule has 0 unspecified atom stereocenters. The van der Waals surface area contributed by atoms with Crippen LogP contribution in [-0.2, 0) is 0 Å². The first kappa shape index (κ1) is 13.9. The van der Waals surface area contributed by atoms with Gasteiger partial charge in [0, 0.05) is 6.20 Å². The monoisotopic (exact) mass is 328 g/mol. The lowest BCUT2D eigenvalue weighted by atomic mass is 10.2. The molecule has 0 fully saturated rings. The van der Waals surface area contributed by atoms with Gasteiger partial charge in [-0.25, -0.2) is 10.1 Å². The van der Waals surface area contributed by atoms with Crippen LogP contribution in [0.15, 0.2) is 22.2 Å². The molecule has 4 heterocycles. The van der Waals surface area contributed by atoms with Crippen molar-refractivity contribution in [1.29, 1.82) is 0 Å². The van der Waals surface area contributed by atoms with Gasteiger partial charge in [-0.05, 0) is 26.2 Å². The van der Waals surface area contributed by atoms with E-state index in [4.69, 9.17) is 0 Å². The fourth-order valence-electron chi connectivity index (χ4n) is 2.49. The summed E-state index contributed by atoms with van der Waals surface area (Å²) in [6.45, 7) is 3.57. The molecule has 0 spiro atoms. The second-order valence-electron chi connectivity index (χ2n) is 4.96. The molecule has 0 amide bonds. The molecule has 0 radical (unpaired) electrons. The van der Waals surface area contributed by atoms with Crippen molar-refractivity contribution >= 4 is 28.4 Å². The molecule has 0 saturated carbocycles. The number of nitrogens with one attached hydrogen (secondary N) is 1. The maximum atomic E-state index is 12.9. The normalized spacial score (nSPS) is 11.6. The Bertz CT molecular complexity index is 1110. The molecule has 4 rings (SSSR count). The molecule has 0 bridgehead atoms. The summed E-state index contributed by atoms with van der Waals surface area (Å²) in [6.07, 6.45) is 3.51. The standard InChI is InChI=1S/C13H12N8OS/c1-6-9-8(21-11(14-6)15-7(2)19-21)4-5-20(10(9)22)12-16-13(23-3)18-17-12/h4-5H,1-3H3,(H,16,17,18). The number of nitrogens with zero attached hydrogens (tertiary/aromatic N) is 7. The summed E-state index contributed by atoms with van der Waals surface area (Å²) in [4.78, 5) is 25.7. The van der Waals surface area contributed by atoms with Gasteiger partial charge in [0.25, 0.3) is 11.3 Å². The molecule has 4 aromatic heterocycles. The van der Waals surface area contributed by atoms with Gasteiger partial charge in [-0.15, -0.1) is 10.2 Å². The van der Waals surface area contributed by atoms with Gasteiger partial charge >= 0.3 is 0 Å². The number of rotatable bonds is 2. The predicted octanol–water partition coefficient (Wildman–Crippen LogP) is 0.885. The number of hydrogen-bond donors (Lipinski definition) is 1. The minimum Gasteiger partial charge on any atom is -0.268 e. The van der Waals surface area contributed by atoms with Gasteiger partial charge in [0.1, 0.15) is 5.82 Å². The van der Waals surface area contributed by atoms with Gasteiger partial charge in [0.15, 0.2) is 0 Å². The van der Waals surface area contributed by atoms with Crippen LogP contribution < -0.4 is 5.56 Å². The quantitative estimate of drug-likeness (QED) is 0.544. The van der Waals surface area contributed by atoms with E-state index in [1.165, 1.54) is 16.3 Å². The Morgan fingerprint density at radius 3 is 2.78 bits per heavy atom. The average Bonchev–Trinajstić information content (AvgIpc) is 3.13. The second-order valence-corrected chi connectivity index (χ2v) is 5.74. The number of H-pyrrole nitrogens is 1. The number of aromatic nitrogens is 8. The topological polar surface area (TPSA) is 107 Å². The Hall–Kier alpha value is -2.75. The van der Waals surface area contributed by atoms with Crippen LogP contribution in [0, 0.1) is 13.8 Å². The Morgan fingerprint density at radius 2 is 2.04 bits per heavy atom. The lowest BCUT2D eigenvalue weighted by Crippen LogP contribution is -2.21. The summed E-state index contributed by atoms with van der Waals surface area (Å²) in [6, 6.07) is 1.80. The van der Waals surface area contributed by atoms with Crippen LogP contribution in [0.5, 0.6) is 0 Å². The first-order chi connectivity index (χ1) is 11.1. The molecule has 0 aliphatic rings. The highest BCUT2D eigenvalue weighted by molar-refractivity contribution is 7.98. The molecule has 4 aromatic rings. The summed E-state index contributed by atoms with van der Waals surface area (Å²) < 4.78 is 3.00. The van der Waals surface area contributed by atoms with Crippen LogP contribution in [-0.4, -0.2) is 45.6 Å². The lowest BCUT2D eigenvalue weighted by Gasteiger charge is -2.06. The summed E-state index contributed by atoms with van der Waals surface area (Å²) in [5, 5.41) is 12.1. The smallest absolute Gasteiger partial charge is 0.268 e. The Morgan fingerprint density at radius 1 is 1.22 bits per heavy atom. The minimum absolute atomic E-state index is 0.230. The molecular formula is C13H12N8OS. The Labute approximate surface area is 133 Å². The number of thioether (sulfide) groups is 1. The fourth-order valence-corrected chi connectivity index (χ4v) is 2.81. The minimum atomic E-state index is -0.230. The number of hydrogen-bond acceptors (Lipinski definition) is 7. The van der Waals surface area contributed by atoms with Crippen molar-refractivity contribution in [3.05, 3.63) is 34.1 Å². The maximum absolute atomic E-state index is 12.9. The zero-order valence-corrected chi connectivity index (χ0v) is 13.4. The van der Waals surface area contributed by atoms with Crippen molar-refractivity contribution in [2.45, 2.75) is 19.0 Å². The van der Waals surface area contributed by atoms with E-state index in [0.717, 1.165) is 0 Å². The SMILES string of the molecule is CSc1n[nH]c(-n2ccc3c(c(C)nc4nc(C)nn43)c2=O)n1. The van der Waals surface area contributed by atoms with E-state index in [-0.39, 0.29) is 5.56 Å². The molecule has 9 nitrogen and oxygen atoms in total. The highest BCUT2D eigenvalue weighted by Gasteiger charge is 2.15. The fraction of sp³-hybridized carbons (Fsp3) is 0.231. The summed E-state index contributed by atoms with van der Waals surface area (Å²) in [5.41, 5.74) is 1.04. The molecule has 0 aliphatic carbocycles. The number of aromatic amines is 1. The van der Waals surface area contributed by atoms with Gasteiger partial charge < -0.3 is 0 Å². The molecule has 0 atom stereocenters. The van der Waals surface area contributed by atoms with Gasteiger partial charge in [-0.3, -0.25) is 9.36 Å². The third kappa shape index (κ3) is 2.02. The maximum Gasteiger partial charge on any atom is 0.268 e. The summed E-state index contributed by atoms with van der Waals surface area (Å²) in [5.74, 6) is 1.46. The molecule has 116 valence electrons. The third-order valence-corrected chi connectivity index (χ3v) is 4.04. The van der Waals surface area contributed by atoms with Crippen molar-refractivity contribution < 1.29 is 0 Å². The predicted molar refractivity (Wildman–Crippen MR) is 85.1 cm³/mol. The zero-order chi connectivity index (χ0) is 16.1. The van der Waals surface area contributed by atoms with E-state index in [2.05, 4.69) is 30.2 Å². The number of fused-ring (bicyclic) bond motifs is 3. The van der Waals surface area contributed by atoms with Crippen LogP contribution >= 0.6 is 11.8 Å². The van der Waals surface area contributed by atoms with E-state index in [9.17, 15) is 4.79 Å². The van der Waals surface area contributed by atoms with Crippen LogP contribution in [0.2, 0.25) is 0 Å². The van der Waals surface area contributed by atoms with Gasteiger partial charge in [-0.2, -0.15) is 14.5 Å². The largest absolute Gasteiger partial charge is 0.268 e. The molecule has 1 N–H and O–H groups in total. The summed E-state index contributed by atoms with van der Waals surface area (Å²) in [7, 11) is 0. The van der Waals surface area contributed by atoms with Gasteiger partial charge in [-0.1, -0.05) is 11.8 Å². The highest BCUT2D eigenvalue weighted by Crippen LogP contribution is 2.16. The molecular weight excluding hydrogens is 316 g/mol. The van der Waals surface area contributed by atoms with Crippen LogP contribution in [0.4, 0.5) is 0 Å². The lowest BCUT2D eigenvalue weighted by molar-refractivity contribution is 0.889. The first-order valence-electron chi connectivity index (χ1n) is 6.80. The van der Waals surface area contributed by atoms with Crippen LogP contribution in [0.3, 0.4) is 0 Å². The number of pyridine rings is 1. The van der Waals surface area contributed by atoms with E-state index in [1.54, 1.807) is 30.6 Å². The molecule has 23 heavy (non-hydrogen) atoms. The van der Waals surface area contributed by atoms with Crippen LogP contribution in [0.25, 0.3) is 22.6 Å². The van der Waals surface area contributed by atoms with Crippen molar-refractivity contribution in [2.75, 3.05) is 6.26 Å². The summed E-state index contributed by atoms with van der Waals surface area (Å²) >= 11 is 1.40. The number of aryl methyl sites for hydroxylation is 2. The van der Waals surface area contributed by atoms with E-state index in [0.29, 0.717) is 39.3 Å². The zero-order valence-electron chi connectivity index (χ0n) is 12.6. The van der Waals surface area contributed by atoms with Crippen molar-refractivity contribution in [3.8, 4) is 5.95 Å². The van der Waals surface area contributed by atoms with E-state index < -0.39 is 0 Å². The van der Waals surface area contributed by atoms with E-state index in [1.807, 2.05) is 6.26 Å². The second kappa shape index (κ2) is 4.88. The van der Waals surface area contributed by atoms with Crippen LogP contribution in [0.1, 0.15) is 11.5 Å². The first-order valence-corrected chi connectivity index (χ1v) is 8.03. The Balaban J connectivity index is 2.06. The molecule has 0 aromatic carbocycles. The van der Waals surface area contributed by atoms with Crippen molar-refractivity contribution in [2.24, 2.45) is 0 Å².